The quantitative estimate of drug-likeness (QED) is 0.846. The standard InChI is InChI=1S/C11H14N4O2S/c1-15-9-11(8-13-15)18(16,17)14-7-5-10-4-2-3-6-12-10/h2-4,6,8-9,14H,5,7H2,1H3. The molecule has 0 amide bonds. The predicted molar refractivity (Wildman–Crippen MR) is 66.3 cm³/mol. The second-order valence-corrected chi connectivity index (χ2v) is 5.59. The monoisotopic (exact) mass is 266 g/mol. The van der Waals surface area contributed by atoms with Crippen LogP contribution in [0.4, 0.5) is 0 Å². The number of aryl methyl sites for hydroxylation is 1. The van der Waals surface area contributed by atoms with Crippen molar-refractivity contribution < 1.29 is 8.42 Å². The van der Waals surface area contributed by atoms with Crippen molar-refractivity contribution in [3.8, 4) is 0 Å². The van der Waals surface area contributed by atoms with Gasteiger partial charge in [0, 0.05) is 38.1 Å². The highest BCUT2D eigenvalue weighted by Crippen LogP contribution is 2.05. The maximum absolute atomic E-state index is 11.9. The number of hydrogen-bond acceptors (Lipinski definition) is 4. The van der Waals surface area contributed by atoms with E-state index in [2.05, 4.69) is 14.8 Å². The Balaban J connectivity index is 1.94. The van der Waals surface area contributed by atoms with Crippen molar-refractivity contribution in [1.29, 1.82) is 0 Å². The molecular formula is C11H14N4O2S. The maximum Gasteiger partial charge on any atom is 0.243 e. The number of aromatic nitrogens is 3. The van der Waals surface area contributed by atoms with Gasteiger partial charge in [-0.1, -0.05) is 6.07 Å². The molecule has 0 bridgehead atoms. The van der Waals surface area contributed by atoms with E-state index >= 15 is 0 Å². The van der Waals surface area contributed by atoms with E-state index < -0.39 is 10.0 Å². The molecular weight excluding hydrogens is 252 g/mol. The normalized spacial score (nSPS) is 11.6. The van der Waals surface area contributed by atoms with Crippen molar-refractivity contribution >= 4 is 10.0 Å². The summed E-state index contributed by atoms with van der Waals surface area (Å²) < 4.78 is 27.7. The van der Waals surface area contributed by atoms with Gasteiger partial charge in [0.2, 0.25) is 10.0 Å². The number of nitrogens with one attached hydrogen (secondary N) is 1. The summed E-state index contributed by atoms with van der Waals surface area (Å²) in [6, 6.07) is 5.56. The molecule has 2 aromatic heterocycles. The second kappa shape index (κ2) is 5.28. The summed E-state index contributed by atoms with van der Waals surface area (Å²) in [5.74, 6) is 0. The summed E-state index contributed by atoms with van der Waals surface area (Å²) in [4.78, 5) is 4.30. The minimum absolute atomic E-state index is 0.172. The topological polar surface area (TPSA) is 76.9 Å². The lowest BCUT2D eigenvalue weighted by Crippen LogP contribution is -2.25. The lowest BCUT2D eigenvalue weighted by Gasteiger charge is -2.04. The number of pyridine rings is 1. The van der Waals surface area contributed by atoms with Gasteiger partial charge in [-0.05, 0) is 12.1 Å². The van der Waals surface area contributed by atoms with Gasteiger partial charge in [-0.15, -0.1) is 0 Å². The zero-order chi connectivity index (χ0) is 13.0. The molecule has 2 aromatic rings. The van der Waals surface area contributed by atoms with E-state index in [9.17, 15) is 8.42 Å². The van der Waals surface area contributed by atoms with Gasteiger partial charge in [-0.2, -0.15) is 5.10 Å². The fourth-order valence-electron chi connectivity index (χ4n) is 1.48. The molecule has 0 unspecified atom stereocenters. The van der Waals surface area contributed by atoms with Gasteiger partial charge >= 0.3 is 0 Å². The molecule has 0 aliphatic carbocycles. The molecule has 0 atom stereocenters. The minimum Gasteiger partial charge on any atom is -0.274 e. The van der Waals surface area contributed by atoms with Crippen molar-refractivity contribution in [2.75, 3.05) is 6.54 Å². The van der Waals surface area contributed by atoms with Gasteiger partial charge in [0.25, 0.3) is 0 Å². The Morgan fingerprint density at radius 3 is 2.83 bits per heavy atom. The van der Waals surface area contributed by atoms with E-state index in [0.717, 1.165) is 5.69 Å². The van der Waals surface area contributed by atoms with E-state index in [1.807, 2.05) is 18.2 Å². The third-order valence-corrected chi connectivity index (χ3v) is 3.81. The summed E-state index contributed by atoms with van der Waals surface area (Å²) in [5.41, 5.74) is 0.853. The molecule has 0 saturated carbocycles. The van der Waals surface area contributed by atoms with Gasteiger partial charge < -0.3 is 0 Å². The van der Waals surface area contributed by atoms with E-state index in [-0.39, 0.29) is 4.90 Å². The van der Waals surface area contributed by atoms with Gasteiger partial charge in [0.1, 0.15) is 4.90 Å². The summed E-state index contributed by atoms with van der Waals surface area (Å²) in [6.45, 7) is 0.314. The molecule has 0 aliphatic heterocycles. The lowest BCUT2D eigenvalue weighted by atomic mass is 10.3. The molecule has 7 heteroatoms. The Bertz CT molecular complexity index is 607. The van der Waals surface area contributed by atoms with Crippen LogP contribution < -0.4 is 4.72 Å². The fourth-order valence-corrected chi connectivity index (χ4v) is 2.50. The highest BCUT2D eigenvalue weighted by molar-refractivity contribution is 7.89. The van der Waals surface area contributed by atoms with Crippen molar-refractivity contribution in [2.45, 2.75) is 11.3 Å². The number of hydrogen-bond donors (Lipinski definition) is 1. The molecule has 6 nitrogen and oxygen atoms in total. The SMILES string of the molecule is Cn1cc(S(=O)(=O)NCCc2ccccn2)cn1. The van der Waals surface area contributed by atoms with Crippen molar-refractivity contribution in [1.82, 2.24) is 19.5 Å². The van der Waals surface area contributed by atoms with Gasteiger partial charge in [0.05, 0.1) is 6.20 Å². The molecule has 2 heterocycles. The van der Waals surface area contributed by atoms with Crippen LogP contribution in [0.15, 0.2) is 41.7 Å². The van der Waals surface area contributed by atoms with Crippen LogP contribution in [0.5, 0.6) is 0 Å². The molecule has 0 saturated heterocycles. The first-order chi connectivity index (χ1) is 8.58. The zero-order valence-electron chi connectivity index (χ0n) is 9.94. The van der Waals surface area contributed by atoms with Crippen LogP contribution in [0, 0.1) is 0 Å². The van der Waals surface area contributed by atoms with E-state index in [0.29, 0.717) is 13.0 Å². The number of nitrogens with zero attached hydrogens (tertiary/aromatic N) is 3. The minimum atomic E-state index is -3.47. The highest BCUT2D eigenvalue weighted by Gasteiger charge is 2.15. The summed E-state index contributed by atoms with van der Waals surface area (Å²) in [6.07, 6.45) is 5.03. The summed E-state index contributed by atoms with van der Waals surface area (Å²) in [5, 5.41) is 3.83. The molecule has 0 radical (unpaired) electrons. The van der Waals surface area contributed by atoms with Gasteiger partial charge in [-0.25, -0.2) is 13.1 Å². The van der Waals surface area contributed by atoms with Crippen LogP contribution in [-0.2, 0) is 23.5 Å². The van der Waals surface area contributed by atoms with Gasteiger partial charge in [0.15, 0.2) is 0 Å². The van der Waals surface area contributed by atoms with Crippen molar-refractivity contribution in [3.05, 3.63) is 42.5 Å². The molecule has 1 N–H and O–H groups in total. The maximum atomic E-state index is 11.9. The Morgan fingerprint density at radius 1 is 1.39 bits per heavy atom. The first-order valence-electron chi connectivity index (χ1n) is 5.46. The molecule has 2 rings (SSSR count). The fraction of sp³-hybridized carbons (Fsp3) is 0.273. The number of sulfonamides is 1. The Labute approximate surface area is 106 Å². The smallest absolute Gasteiger partial charge is 0.243 e. The Kier molecular flexibility index (Phi) is 3.73. The third-order valence-electron chi connectivity index (χ3n) is 2.39. The lowest BCUT2D eigenvalue weighted by molar-refractivity contribution is 0.581. The van der Waals surface area contributed by atoms with Crippen LogP contribution in [-0.4, -0.2) is 29.7 Å². The average Bonchev–Trinajstić information content (AvgIpc) is 2.78. The highest BCUT2D eigenvalue weighted by atomic mass is 32.2. The first kappa shape index (κ1) is 12.7. The Hall–Kier alpha value is -1.73. The average molecular weight is 266 g/mol. The van der Waals surface area contributed by atoms with Crippen LogP contribution >= 0.6 is 0 Å². The van der Waals surface area contributed by atoms with Crippen LogP contribution in [0.1, 0.15) is 5.69 Å². The van der Waals surface area contributed by atoms with Crippen LogP contribution in [0.25, 0.3) is 0 Å². The van der Waals surface area contributed by atoms with E-state index in [1.54, 1.807) is 13.2 Å². The molecule has 18 heavy (non-hydrogen) atoms. The van der Waals surface area contributed by atoms with Crippen LogP contribution in [0.3, 0.4) is 0 Å². The molecule has 0 spiro atoms. The van der Waals surface area contributed by atoms with E-state index in [4.69, 9.17) is 0 Å². The second-order valence-electron chi connectivity index (χ2n) is 3.82. The first-order valence-corrected chi connectivity index (χ1v) is 6.94. The number of rotatable bonds is 5. The zero-order valence-corrected chi connectivity index (χ0v) is 10.8. The molecule has 0 aliphatic rings. The Morgan fingerprint density at radius 2 is 2.22 bits per heavy atom. The van der Waals surface area contributed by atoms with E-state index in [1.165, 1.54) is 17.1 Å². The van der Waals surface area contributed by atoms with Crippen LogP contribution in [0.2, 0.25) is 0 Å². The molecule has 0 fully saturated rings. The molecule has 96 valence electrons. The molecule has 0 aromatic carbocycles. The third kappa shape index (κ3) is 3.14. The largest absolute Gasteiger partial charge is 0.274 e. The predicted octanol–water partition coefficient (Wildman–Crippen LogP) is 0.336. The van der Waals surface area contributed by atoms with Crippen molar-refractivity contribution in [2.24, 2.45) is 7.05 Å². The van der Waals surface area contributed by atoms with Crippen molar-refractivity contribution in [3.63, 3.8) is 0 Å². The van der Waals surface area contributed by atoms with Gasteiger partial charge in [-0.3, -0.25) is 9.67 Å². The summed E-state index contributed by atoms with van der Waals surface area (Å²) >= 11 is 0. The summed E-state index contributed by atoms with van der Waals surface area (Å²) in [7, 11) is -1.80.